The highest BCUT2D eigenvalue weighted by molar-refractivity contribution is 5.98. The van der Waals surface area contributed by atoms with Gasteiger partial charge in [0.1, 0.15) is 6.61 Å². The van der Waals surface area contributed by atoms with Crippen LogP contribution in [0.3, 0.4) is 0 Å². The van der Waals surface area contributed by atoms with Crippen molar-refractivity contribution in [3.8, 4) is 11.9 Å². The molecule has 1 heterocycles. The lowest BCUT2D eigenvalue weighted by Gasteiger charge is -2.05. The SMILES string of the molecule is C/C(=N\OCc1ccc(C#N)cc1)c1ccc(OCC(=O)O)nc1. The highest BCUT2D eigenvalue weighted by atomic mass is 16.6. The average molecular weight is 325 g/mol. The van der Waals surface area contributed by atoms with Gasteiger partial charge in [0.15, 0.2) is 6.61 Å². The van der Waals surface area contributed by atoms with Crippen LogP contribution in [0.2, 0.25) is 0 Å². The molecule has 0 bridgehead atoms. The van der Waals surface area contributed by atoms with E-state index in [9.17, 15) is 4.79 Å². The van der Waals surface area contributed by atoms with Crippen LogP contribution in [0, 0.1) is 11.3 Å². The number of ether oxygens (including phenoxy) is 1. The lowest BCUT2D eigenvalue weighted by molar-refractivity contribution is -0.139. The monoisotopic (exact) mass is 325 g/mol. The van der Waals surface area contributed by atoms with Gasteiger partial charge in [-0.3, -0.25) is 0 Å². The van der Waals surface area contributed by atoms with Crippen LogP contribution in [-0.2, 0) is 16.2 Å². The van der Waals surface area contributed by atoms with Crippen LogP contribution >= 0.6 is 0 Å². The van der Waals surface area contributed by atoms with E-state index in [4.69, 9.17) is 19.9 Å². The third-order valence-corrected chi connectivity index (χ3v) is 3.01. The number of aromatic nitrogens is 1. The molecule has 24 heavy (non-hydrogen) atoms. The van der Waals surface area contributed by atoms with Gasteiger partial charge in [0.05, 0.1) is 17.3 Å². The summed E-state index contributed by atoms with van der Waals surface area (Å²) in [6.45, 7) is 1.62. The summed E-state index contributed by atoms with van der Waals surface area (Å²) in [6, 6.07) is 12.4. The predicted octanol–water partition coefficient (Wildman–Crippen LogP) is 2.36. The molecule has 0 radical (unpaired) electrons. The molecule has 122 valence electrons. The van der Waals surface area contributed by atoms with E-state index in [0.717, 1.165) is 11.1 Å². The van der Waals surface area contributed by atoms with Gasteiger partial charge in [-0.15, -0.1) is 0 Å². The topological polar surface area (TPSA) is 105 Å². The van der Waals surface area contributed by atoms with Crippen LogP contribution in [0.15, 0.2) is 47.8 Å². The number of nitrogens with zero attached hydrogens (tertiary/aromatic N) is 3. The number of aliphatic carboxylic acids is 1. The van der Waals surface area contributed by atoms with Crippen molar-refractivity contribution < 1.29 is 19.5 Å². The third kappa shape index (κ3) is 5.10. The van der Waals surface area contributed by atoms with Crippen LogP contribution in [0.4, 0.5) is 0 Å². The summed E-state index contributed by atoms with van der Waals surface area (Å²) in [5, 5.41) is 21.3. The number of rotatable bonds is 7. The van der Waals surface area contributed by atoms with Crippen molar-refractivity contribution >= 4 is 11.7 Å². The highest BCUT2D eigenvalue weighted by Gasteiger charge is 2.03. The van der Waals surface area contributed by atoms with Crippen molar-refractivity contribution in [2.24, 2.45) is 5.16 Å². The summed E-state index contributed by atoms with van der Waals surface area (Å²) >= 11 is 0. The Kier molecular flexibility index (Phi) is 5.86. The Bertz CT molecular complexity index is 762. The van der Waals surface area contributed by atoms with Crippen LogP contribution in [0.5, 0.6) is 5.88 Å². The Morgan fingerprint density at radius 3 is 2.62 bits per heavy atom. The van der Waals surface area contributed by atoms with E-state index in [1.54, 1.807) is 43.3 Å². The number of oxime groups is 1. The number of benzene rings is 1. The number of carboxylic acid groups (broad SMARTS) is 1. The number of hydrogen-bond acceptors (Lipinski definition) is 6. The van der Waals surface area contributed by atoms with Gasteiger partial charge in [-0.25, -0.2) is 9.78 Å². The molecular formula is C17H15N3O4. The van der Waals surface area contributed by atoms with Gasteiger partial charge >= 0.3 is 5.97 Å². The molecule has 0 unspecified atom stereocenters. The molecule has 0 aliphatic carbocycles. The molecule has 0 fully saturated rings. The molecule has 0 spiro atoms. The molecule has 0 saturated heterocycles. The lowest BCUT2D eigenvalue weighted by Crippen LogP contribution is -2.10. The number of carboxylic acids is 1. The first-order valence-corrected chi connectivity index (χ1v) is 7.05. The van der Waals surface area contributed by atoms with Gasteiger partial charge in [0, 0.05) is 17.8 Å². The van der Waals surface area contributed by atoms with Crippen molar-refractivity contribution in [3.05, 3.63) is 59.3 Å². The zero-order valence-electron chi connectivity index (χ0n) is 13.0. The van der Waals surface area contributed by atoms with E-state index in [-0.39, 0.29) is 12.5 Å². The minimum atomic E-state index is -1.06. The van der Waals surface area contributed by atoms with Crippen molar-refractivity contribution in [2.75, 3.05) is 6.61 Å². The van der Waals surface area contributed by atoms with E-state index in [1.165, 1.54) is 6.20 Å². The van der Waals surface area contributed by atoms with Gasteiger partial charge in [-0.05, 0) is 30.7 Å². The Balaban J connectivity index is 1.90. The smallest absolute Gasteiger partial charge is 0.341 e. The van der Waals surface area contributed by atoms with Crippen molar-refractivity contribution in [2.45, 2.75) is 13.5 Å². The first kappa shape index (κ1) is 17.0. The summed E-state index contributed by atoms with van der Waals surface area (Å²) in [7, 11) is 0. The fourth-order valence-corrected chi connectivity index (χ4v) is 1.75. The van der Waals surface area contributed by atoms with Crippen LogP contribution < -0.4 is 4.74 Å². The standard InChI is InChI=1S/C17H15N3O4/c1-12(15-6-7-16(19-9-15)23-11-17(21)22)20-24-10-14-4-2-13(8-18)3-5-14/h2-7,9H,10-11H2,1H3,(H,21,22)/b20-12+. The normalized spacial score (nSPS) is 10.8. The van der Waals surface area contributed by atoms with E-state index in [0.29, 0.717) is 11.3 Å². The highest BCUT2D eigenvalue weighted by Crippen LogP contribution is 2.10. The summed E-state index contributed by atoms with van der Waals surface area (Å²) in [4.78, 5) is 19.7. The molecule has 7 heteroatoms. The van der Waals surface area contributed by atoms with Crippen molar-refractivity contribution in [3.63, 3.8) is 0 Å². The zero-order valence-corrected chi connectivity index (χ0v) is 13.0. The second kappa shape index (κ2) is 8.29. The second-order valence-electron chi connectivity index (χ2n) is 4.83. The van der Waals surface area contributed by atoms with Gasteiger partial charge < -0.3 is 14.7 Å². The Morgan fingerprint density at radius 2 is 2.04 bits per heavy atom. The molecule has 0 amide bonds. The first-order chi connectivity index (χ1) is 11.6. The summed E-state index contributed by atoms with van der Waals surface area (Å²) in [6.07, 6.45) is 1.53. The van der Waals surface area contributed by atoms with E-state index < -0.39 is 12.6 Å². The summed E-state index contributed by atoms with van der Waals surface area (Å²) < 4.78 is 4.96. The van der Waals surface area contributed by atoms with Crippen LogP contribution in [-0.4, -0.2) is 28.4 Å². The molecule has 0 aliphatic rings. The second-order valence-corrected chi connectivity index (χ2v) is 4.83. The molecule has 2 rings (SSSR count). The van der Waals surface area contributed by atoms with Gasteiger partial charge in [-0.2, -0.15) is 5.26 Å². The Hall–Kier alpha value is -3.40. The van der Waals surface area contributed by atoms with Crippen LogP contribution in [0.1, 0.15) is 23.6 Å². The van der Waals surface area contributed by atoms with E-state index >= 15 is 0 Å². The molecule has 2 aromatic rings. The Morgan fingerprint density at radius 1 is 1.29 bits per heavy atom. The predicted molar refractivity (Wildman–Crippen MR) is 85.5 cm³/mol. The summed E-state index contributed by atoms with van der Waals surface area (Å²) in [5.74, 6) is -0.831. The molecule has 0 aliphatic heterocycles. The lowest BCUT2D eigenvalue weighted by atomic mass is 10.2. The molecule has 0 saturated carbocycles. The van der Waals surface area contributed by atoms with Gasteiger partial charge in [0.2, 0.25) is 5.88 Å². The number of pyridine rings is 1. The number of nitriles is 1. The van der Waals surface area contributed by atoms with Crippen LogP contribution in [0.25, 0.3) is 0 Å². The quantitative estimate of drug-likeness (QED) is 0.619. The molecule has 1 N–H and O–H groups in total. The van der Waals surface area contributed by atoms with Crippen molar-refractivity contribution in [1.29, 1.82) is 5.26 Å². The molecular weight excluding hydrogens is 310 g/mol. The average Bonchev–Trinajstić information content (AvgIpc) is 2.61. The molecule has 7 nitrogen and oxygen atoms in total. The minimum absolute atomic E-state index is 0.229. The summed E-state index contributed by atoms with van der Waals surface area (Å²) in [5.41, 5.74) is 2.86. The van der Waals surface area contributed by atoms with Crippen molar-refractivity contribution in [1.82, 2.24) is 4.98 Å². The maximum absolute atomic E-state index is 10.4. The molecule has 1 aromatic heterocycles. The maximum atomic E-state index is 10.4. The fourth-order valence-electron chi connectivity index (χ4n) is 1.75. The zero-order chi connectivity index (χ0) is 17.4. The minimum Gasteiger partial charge on any atom is -0.479 e. The van der Waals surface area contributed by atoms with E-state index in [1.807, 2.05) is 0 Å². The Labute approximate surface area is 138 Å². The van der Waals surface area contributed by atoms with Gasteiger partial charge in [-0.1, -0.05) is 17.3 Å². The maximum Gasteiger partial charge on any atom is 0.341 e. The van der Waals surface area contributed by atoms with Gasteiger partial charge in [0.25, 0.3) is 0 Å². The molecule has 1 aromatic carbocycles. The number of carbonyl (C=O) groups is 1. The fraction of sp³-hybridized carbons (Fsp3) is 0.176. The molecule has 0 atom stereocenters. The third-order valence-electron chi connectivity index (χ3n) is 3.01. The first-order valence-electron chi connectivity index (χ1n) is 7.05. The number of hydrogen-bond donors (Lipinski definition) is 1. The largest absolute Gasteiger partial charge is 0.479 e. The van der Waals surface area contributed by atoms with E-state index in [2.05, 4.69) is 16.2 Å².